The van der Waals surface area contributed by atoms with Gasteiger partial charge in [-0.15, -0.1) is 0 Å². The van der Waals surface area contributed by atoms with Crippen LogP contribution in [0, 0.1) is 88.8 Å². The van der Waals surface area contributed by atoms with Gasteiger partial charge in [0.1, 0.15) is 0 Å². The first-order valence-electron chi connectivity index (χ1n) is 11.6. The highest BCUT2D eigenvalue weighted by Gasteiger charge is 2.74. The Morgan fingerprint density at radius 2 is 0.917 bits per heavy atom. The van der Waals surface area contributed by atoms with Gasteiger partial charge in [-0.25, -0.2) is 0 Å². The molecule has 0 aromatic heterocycles. The Morgan fingerprint density at radius 1 is 0.417 bits per heavy atom. The Bertz CT molecular complexity index is 575. The van der Waals surface area contributed by atoms with Crippen LogP contribution >= 0.6 is 0 Å². The van der Waals surface area contributed by atoms with Crippen LogP contribution in [-0.2, 0) is 0 Å². The molecular weight excluding hydrogens is 288 g/mol. The number of hydrogen-bond donors (Lipinski definition) is 0. The van der Waals surface area contributed by atoms with Crippen LogP contribution in [0.1, 0.15) is 59.3 Å². The predicted octanol–water partition coefficient (Wildman–Crippen LogP) is 5.72. The second-order valence-corrected chi connectivity index (χ2v) is 12.0. The molecule has 7 aliphatic carbocycles. The molecule has 0 N–H and O–H groups in total. The smallest absolute Gasteiger partial charge is 0.0318 e. The first-order valence-corrected chi connectivity index (χ1v) is 11.6. The lowest BCUT2D eigenvalue weighted by Crippen LogP contribution is -2.49. The Hall–Kier alpha value is 0. The minimum Gasteiger partial charge on any atom is -0.0622 e. The molecule has 7 fully saturated rings. The summed E-state index contributed by atoms with van der Waals surface area (Å²) in [5.74, 6) is 17.4. The molecule has 0 aromatic rings. The first kappa shape index (κ1) is 14.1. The van der Waals surface area contributed by atoms with Gasteiger partial charge in [0.15, 0.2) is 0 Å². The summed E-state index contributed by atoms with van der Waals surface area (Å²) in [6.07, 6.45) is 9.73. The Labute approximate surface area is 148 Å². The van der Waals surface area contributed by atoms with Gasteiger partial charge in [-0.3, -0.25) is 0 Å². The molecule has 0 aliphatic heterocycles. The third-order valence-electron chi connectivity index (χ3n) is 11.8. The first-order chi connectivity index (χ1) is 11.6. The summed E-state index contributed by atoms with van der Waals surface area (Å²) in [5, 5.41) is 0. The van der Waals surface area contributed by atoms with Crippen molar-refractivity contribution in [1.82, 2.24) is 0 Å². The molecule has 7 rings (SSSR count). The van der Waals surface area contributed by atoms with Gasteiger partial charge in [-0.1, -0.05) is 33.6 Å². The molecule has 0 radical (unpaired) electrons. The molecule has 0 spiro atoms. The van der Waals surface area contributed by atoms with Gasteiger partial charge >= 0.3 is 0 Å². The van der Waals surface area contributed by atoms with E-state index in [0.29, 0.717) is 0 Å². The lowest BCUT2D eigenvalue weighted by molar-refractivity contribution is -0.0619. The fourth-order valence-electron chi connectivity index (χ4n) is 11.8. The third-order valence-corrected chi connectivity index (χ3v) is 11.8. The Kier molecular flexibility index (Phi) is 2.52. The van der Waals surface area contributed by atoms with E-state index in [-0.39, 0.29) is 0 Å². The average Bonchev–Trinajstić information content (AvgIpc) is 3.34. The van der Waals surface area contributed by atoms with Crippen molar-refractivity contribution < 1.29 is 0 Å². The molecular formula is C24H36. The molecule has 0 nitrogen and oxygen atoms in total. The minimum absolute atomic E-state index is 1.05. The summed E-state index contributed by atoms with van der Waals surface area (Å²) >= 11 is 0. The van der Waals surface area contributed by atoms with Gasteiger partial charge in [0, 0.05) is 0 Å². The molecule has 7 saturated carbocycles. The monoisotopic (exact) mass is 324 g/mol. The zero-order valence-corrected chi connectivity index (χ0v) is 15.9. The van der Waals surface area contributed by atoms with E-state index in [1.54, 1.807) is 38.5 Å². The summed E-state index contributed by atoms with van der Waals surface area (Å²) in [4.78, 5) is 0. The van der Waals surface area contributed by atoms with Gasteiger partial charge in [-0.05, 0) is 114 Å². The van der Waals surface area contributed by atoms with Gasteiger partial charge in [0.2, 0.25) is 0 Å². The van der Waals surface area contributed by atoms with Gasteiger partial charge < -0.3 is 0 Å². The summed E-state index contributed by atoms with van der Waals surface area (Å²) in [5.41, 5.74) is 0. The van der Waals surface area contributed by atoms with E-state index >= 15 is 0 Å². The topological polar surface area (TPSA) is 0 Å². The molecule has 0 amide bonds. The van der Waals surface area contributed by atoms with Crippen LogP contribution in [0.15, 0.2) is 0 Å². The van der Waals surface area contributed by atoms with Crippen LogP contribution in [0.4, 0.5) is 0 Å². The summed E-state index contributed by atoms with van der Waals surface area (Å²) in [7, 11) is 0. The lowest BCUT2D eigenvalue weighted by Gasteiger charge is -2.54. The lowest BCUT2D eigenvalue weighted by atomic mass is 9.51. The maximum Gasteiger partial charge on any atom is -0.0318 e. The highest BCUT2D eigenvalue weighted by molar-refractivity contribution is 5.22. The normalized spacial score (nSPS) is 73.9. The molecule has 0 aromatic carbocycles. The number of hydrogen-bond acceptors (Lipinski definition) is 0. The molecule has 24 heavy (non-hydrogen) atoms. The van der Waals surface area contributed by atoms with E-state index in [4.69, 9.17) is 0 Å². The number of rotatable bonds is 0. The summed E-state index contributed by atoms with van der Waals surface area (Å²) in [6.45, 7) is 7.87. The van der Waals surface area contributed by atoms with Crippen LogP contribution in [0.2, 0.25) is 0 Å². The second-order valence-electron chi connectivity index (χ2n) is 12.0. The largest absolute Gasteiger partial charge is 0.0622 e. The van der Waals surface area contributed by atoms with E-state index < -0.39 is 0 Å². The minimum atomic E-state index is 1.05. The maximum absolute atomic E-state index is 2.63. The van der Waals surface area contributed by atoms with Crippen molar-refractivity contribution in [2.24, 2.45) is 88.8 Å². The highest BCUT2D eigenvalue weighted by Crippen LogP contribution is 2.79. The van der Waals surface area contributed by atoms with Crippen LogP contribution < -0.4 is 0 Å². The zero-order valence-electron chi connectivity index (χ0n) is 15.9. The van der Waals surface area contributed by atoms with E-state index in [9.17, 15) is 0 Å². The fraction of sp³-hybridized carbons (Fsp3) is 1.00. The Balaban J connectivity index is 1.29. The predicted molar refractivity (Wildman–Crippen MR) is 97.1 cm³/mol. The van der Waals surface area contributed by atoms with Gasteiger partial charge in [0.05, 0.1) is 0 Å². The molecule has 0 saturated heterocycles. The van der Waals surface area contributed by atoms with Crippen LogP contribution in [-0.4, -0.2) is 0 Å². The zero-order chi connectivity index (χ0) is 15.9. The molecule has 7 aliphatic rings. The van der Waals surface area contributed by atoms with Gasteiger partial charge in [0.25, 0.3) is 0 Å². The van der Waals surface area contributed by atoms with E-state index in [2.05, 4.69) is 20.8 Å². The standard InChI is InChI=1S/C24H36/c1-10-4-5-11(2)20-16-8-15(19(10)20)23-17-9-18(24(16)23)22-14-7-13(21(17)22)6-12(14)3/h10-24H,4-9H2,1-3H3. The van der Waals surface area contributed by atoms with Crippen molar-refractivity contribution in [3.8, 4) is 0 Å². The van der Waals surface area contributed by atoms with Crippen molar-refractivity contribution in [1.29, 1.82) is 0 Å². The van der Waals surface area contributed by atoms with Gasteiger partial charge in [-0.2, -0.15) is 0 Å². The van der Waals surface area contributed by atoms with E-state index in [1.807, 2.05) is 0 Å². The van der Waals surface area contributed by atoms with Crippen molar-refractivity contribution in [3.05, 3.63) is 0 Å². The highest BCUT2D eigenvalue weighted by atomic mass is 14.8. The van der Waals surface area contributed by atoms with E-state index in [0.717, 1.165) is 35.5 Å². The van der Waals surface area contributed by atoms with Crippen molar-refractivity contribution in [2.75, 3.05) is 0 Å². The van der Waals surface area contributed by atoms with Crippen molar-refractivity contribution in [3.63, 3.8) is 0 Å². The SMILES string of the molecule is CC1CC2CC1C1C3CC(C21)C1C2CC(C4C(C)CCC(C)C24)C31. The maximum atomic E-state index is 2.63. The molecule has 0 heterocycles. The van der Waals surface area contributed by atoms with Crippen LogP contribution in [0.5, 0.6) is 0 Å². The van der Waals surface area contributed by atoms with Crippen LogP contribution in [0.3, 0.4) is 0 Å². The molecule has 0 heteroatoms. The second kappa shape index (κ2) is 4.28. The third kappa shape index (κ3) is 1.34. The summed E-state index contributed by atoms with van der Waals surface area (Å²) in [6, 6.07) is 0. The molecule has 15 unspecified atom stereocenters. The number of fused-ring (bicyclic) bond motifs is 19. The summed E-state index contributed by atoms with van der Waals surface area (Å²) < 4.78 is 0. The van der Waals surface area contributed by atoms with Crippen molar-refractivity contribution in [2.45, 2.75) is 59.3 Å². The quantitative estimate of drug-likeness (QED) is 0.500. The van der Waals surface area contributed by atoms with Crippen molar-refractivity contribution >= 4 is 0 Å². The molecule has 132 valence electrons. The Morgan fingerprint density at radius 3 is 1.54 bits per heavy atom. The van der Waals surface area contributed by atoms with Crippen LogP contribution in [0.25, 0.3) is 0 Å². The molecule has 6 bridgehead atoms. The average molecular weight is 325 g/mol. The van der Waals surface area contributed by atoms with E-state index in [1.165, 1.54) is 53.3 Å². The molecule has 15 atom stereocenters. The fourth-order valence-corrected chi connectivity index (χ4v) is 11.8.